The van der Waals surface area contributed by atoms with E-state index < -0.39 is 11.9 Å². The number of para-hydroxylation sites is 1. The Morgan fingerprint density at radius 1 is 1.37 bits per heavy atom. The second kappa shape index (κ2) is 6.22. The van der Waals surface area contributed by atoms with Gasteiger partial charge in [-0.2, -0.15) is 0 Å². The molecule has 0 fully saturated rings. The van der Waals surface area contributed by atoms with Crippen LogP contribution in [0.4, 0.5) is 5.69 Å². The molecule has 2 rings (SSSR count). The fourth-order valence-electron chi connectivity index (χ4n) is 2.21. The van der Waals surface area contributed by atoms with Gasteiger partial charge in [-0.1, -0.05) is 18.2 Å². The van der Waals surface area contributed by atoms with E-state index in [1.807, 2.05) is 12.1 Å². The molecule has 0 unspecified atom stereocenters. The van der Waals surface area contributed by atoms with E-state index in [4.69, 9.17) is 0 Å². The van der Waals surface area contributed by atoms with Crippen LogP contribution >= 0.6 is 0 Å². The number of carbonyl (C=O) groups is 2. The van der Waals surface area contributed by atoms with Crippen LogP contribution in [0.5, 0.6) is 0 Å². The van der Waals surface area contributed by atoms with E-state index in [1.54, 1.807) is 6.92 Å². The lowest BCUT2D eigenvalue weighted by molar-refractivity contribution is -0.154. The number of fused-ring (bicyclic) bond motifs is 1. The molecule has 0 radical (unpaired) electrons. The molecule has 0 saturated carbocycles. The Bertz CT molecular complexity index is 474. The van der Waals surface area contributed by atoms with Crippen LogP contribution in [0, 0.1) is 0 Å². The molecule has 1 N–H and O–H groups in total. The molecule has 1 aliphatic rings. The van der Waals surface area contributed by atoms with Crippen molar-refractivity contribution in [3.05, 3.63) is 29.8 Å². The van der Waals surface area contributed by atoms with E-state index >= 15 is 0 Å². The maximum atomic E-state index is 11.3. The molecule has 1 aromatic carbocycles. The largest absolute Gasteiger partial charge is 0.459 e. The molecule has 1 aliphatic heterocycles. The third kappa shape index (κ3) is 3.24. The van der Waals surface area contributed by atoms with Gasteiger partial charge in [0.15, 0.2) is 0 Å². The average molecular weight is 262 g/mol. The summed E-state index contributed by atoms with van der Waals surface area (Å²) in [4.78, 5) is 24.7. The second-order valence-electron chi connectivity index (χ2n) is 4.34. The van der Waals surface area contributed by atoms with Crippen LogP contribution in [0.2, 0.25) is 0 Å². The van der Waals surface area contributed by atoms with E-state index in [9.17, 15) is 9.59 Å². The van der Waals surface area contributed by atoms with Gasteiger partial charge in [0.2, 0.25) is 0 Å². The number of carbonyl (C=O) groups excluding carboxylic acids is 2. The highest BCUT2D eigenvalue weighted by Crippen LogP contribution is 2.26. The molecule has 1 aromatic rings. The molecule has 5 nitrogen and oxygen atoms in total. The smallest absolute Gasteiger partial charge is 0.396 e. The van der Waals surface area contributed by atoms with Crippen LogP contribution in [0.3, 0.4) is 0 Å². The standard InChI is InChI=1S/C14H18N2O3/c1-2-19-14(18)13(17)15-8-10-16-9-7-11-5-3-4-6-12(11)16/h3-6H,2,7-10H2,1H3,(H,15,17). The second-order valence-corrected chi connectivity index (χ2v) is 4.34. The Balaban J connectivity index is 1.79. The first kappa shape index (κ1) is 13.4. The van der Waals surface area contributed by atoms with Crippen LogP contribution in [0.25, 0.3) is 0 Å². The third-order valence-corrected chi connectivity index (χ3v) is 3.11. The lowest BCUT2D eigenvalue weighted by atomic mass is 10.2. The predicted molar refractivity (Wildman–Crippen MR) is 72.0 cm³/mol. The van der Waals surface area contributed by atoms with Gasteiger partial charge in [0.25, 0.3) is 0 Å². The molecule has 0 aromatic heterocycles. The Morgan fingerprint density at radius 2 is 2.16 bits per heavy atom. The summed E-state index contributed by atoms with van der Waals surface area (Å²) in [7, 11) is 0. The normalized spacial score (nSPS) is 13.0. The molecule has 0 bridgehead atoms. The number of benzene rings is 1. The molecule has 5 heteroatoms. The van der Waals surface area contributed by atoms with E-state index in [0.29, 0.717) is 13.1 Å². The van der Waals surface area contributed by atoms with Crippen molar-refractivity contribution >= 4 is 17.6 Å². The van der Waals surface area contributed by atoms with Crippen LogP contribution in [-0.2, 0) is 20.7 Å². The number of nitrogens with one attached hydrogen (secondary N) is 1. The van der Waals surface area contributed by atoms with Crippen molar-refractivity contribution in [3.8, 4) is 0 Å². The fourth-order valence-corrected chi connectivity index (χ4v) is 2.21. The summed E-state index contributed by atoms with van der Waals surface area (Å²) in [5.41, 5.74) is 2.55. The number of esters is 1. The summed E-state index contributed by atoms with van der Waals surface area (Å²) in [5, 5.41) is 2.57. The Labute approximate surface area is 112 Å². The fraction of sp³-hybridized carbons (Fsp3) is 0.429. The van der Waals surface area contributed by atoms with Crippen molar-refractivity contribution < 1.29 is 14.3 Å². The quantitative estimate of drug-likeness (QED) is 0.642. The first-order chi connectivity index (χ1) is 9.22. The van der Waals surface area contributed by atoms with E-state index in [2.05, 4.69) is 27.1 Å². The predicted octanol–water partition coefficient (Wildman–Crippen LogP) is 0.728. The van der Waals surface area contributed by atoms with Crippen molar-refractivity contribution in [2.24, 2.45) is 0 Å². The molecule has 0 atom stereocenters. The highest BCUT2D eigenvalue weighted by atomic mass is 16.5. The van der Waals surface area contributed by atoms with Gasteiger partial charge in [-0.15, -0.1) is 0 Å². The monoisotopic (exact) mass is 262 g/mol. The van der Waals surface area contributed by atoms with E-state index in [-0.39, 0.29) is 6.61 Å². The molecule has 1 heterocycles. The van der Waals surface area contributed by atoms with E-state index in [1.165, 1.54) is 11.3 Å². The van der Waals surface area contributed by atoms with Crippen LogP contribution in [0.15, 0.2) is 24.3 Å². The van der Waals surface area contributed by atoms with Gasteiger partial charge < -0.3 is 15.0 Å². The molecule has 19 heavy (non-hydrogen) atoms. The minimum absolute atomic E-state index is 0.214. The lowest BCUT2D eigenvalue weighted by Gasteiger charge is -2.19. The van der Waals surface area contributed by atoms with Crippen molar-refractivity contribution in [1.29, 1.82) is 0 Å². The summed E-state index contributed by atoms with van der Waals surface area (Å²) >= 11 is 0. The number of ether oxygens (including phenoxy) is 1. The first-order valence-corrected chi connectivity index (χ1v) is 6.50. The topological polar surface area (TPSA) is 58.6 Å². The summed E-state index contributed by atoms with van der Waals surface area (Å²) in [5.74, 6) is -1.49. The van der Waals surface area contributed by atoms with Crippen LogP contribution in [-0.4, -0.2) is 38.1 Å². The summed E-state index contributed by atoms with van der Waals surface area (Å²) in [6, 6.07) is 8.24. The van der Waals surface area contributed by atoms with Crippen molar-refractivity contribution in [2.75, 3.05) is 31.1 Å². The number of hydrogen-bond donors (Lipinski definition) is 1. The minimum atomic E-state index is -0.815. The maximum Gasteiger partial charge on any atom is 0.396 e. The molecule has 0 spiro atoms. The maximum absolute atomic E-state index is 11.3. The third-order valence-electron chi connectivity index (χ3n) is 3.11. The van der Waals surface area contributed by atoms with Gasteiger partial charge in [0.05, 0.1) is 6.61 Å². The number of hydrogen-bond acceptors (Lipinski definition) is 4. The zero-order valence-electron chi connectivity index (χ0n) is 11.0. The Hall–Kier alpha value is -2.04. The summed E-state index contributed by atoms with van der Waals surface area (Å²) in [6.45, 7) is 3.97. The van der Waals surface area contributed by atoms with Gasteiger partial charge in [0.1, 0.15) is 0 Å². The van der Waals surface area contributed by atoms with E-state index in [0.717, 1.165) is 13.0 Å². The Kier molecular flexibility index (Phi) is 4.39. The number of amides is 1. The number of nitrogens with zero attached hydrogens (tertiary/aromatic N) is 1. The molecular weight excluding hydrogens is 244 g/mol. The molecule has 1 amide bonds. The van der Waals surface area contributed by atoms with Gasteiger partial charge in [0, 0.05) is 25.3 Å². The highest BCUT2D eigenvalue weighted by molar-refractivity contribution is 6.32. The number of rotatable bonds is 4. The first-order valence-electron chi connectivity index (χ1n) is 6.50. The molecule has 102 valence electrons. The average Bonchev–Trinajstić information content (AvgIpc) is 2.82. The van der Waals surface area contributed by atoms with Gasteiger partial charge in [-0.05, 0) is 25.0 Å². The van der Waals surface area contributed by atoms with Crippen LogP contribution < -0.4 is 10.2 Å². The van der Waals surface area contributed by atoms with Crippen molar-refractivity contribution in [3.63, 3.8) is 0 Å². The molecular formula is C14H18N2O3. The minimum Gasteiger partial charge on any atom is -0.459 e. The van der Waals surface area contributed by atoms with Gasteiger partial charge in [-0.3, -0.25) is 4.79 Å². The Morgan fingerprint density at radius 3 is 2.95 bits per heavy atom. The summed E-state index contributed by atoms with van der Waals surface area (Å²) in [6.07, 6.45) is 1.03. The lowest BCUT2D eigenvalue weighted by Crippen LogP contribution is -2.38. The molecule has 0 aliphatic carbocycles. The van der Waals surface area contributed by atoms with Crippen molar-refractivity contribution in [1.82, 2.24) is 5.32 Å². The highest BCUT2D eigenvalue weighted by Gasteiger charge is 2.19. The van der Waals surface area contributed by atoms with Gasteiger partial charge in [-0.25, -0.2) is 4.79 Å². The zero-order valence-corrected chi connectivity index (χ0v) is 11.0. The number of anilines is 1. The molecule has 0 saturated heterocycles. The van der Waals surface area contributed by atoms with Gasteiger partial charge >= 0.3 is 11.9 Å². The SMILES string of the molecule is CCOC(=O)C(=O)NCCN1CCc2ccccc21. The van der Waals surface area contributed by atoms with Crippen molar-refractivity contribution in [2.45, 2.75) is 13.3 Å². The summed E-state index contributed by atoms with van der Waals surface area (Å²) < 4.78 is 4.62. The van der Waals surface area contributed by atoms with Crippen LogP contribution in [0.1, 0.15) is 12.5 Å². The zero-order chi connectivity index (χ0) is 13.7.